The molecule has 1 aromatic carbocycles. The van der Waals surface area contributed by atoms with Gasteiger partial charge in [-0.05, 0) is 50.3 Å². The third-order valence-electron chi connectivity index (χ3n) is 5.03. The SMILES string of the molecule is CCCCOc1ccc(C(=O)OCC(=O)N[C@H]2CCCC[C@@H]2C)cc1OCC. The van der Waals surface area contributed by atoms with Crippen molar-refractivity contribution in [3.05, 3.63) is 23.8 Å². The lowest BCUT2D eigenvalue weighted by molar-refractivity contribution is -0.125. The molecule has 2 atom stereocenters. The minimum Gasteiger partial charge on any atom is -0.490 e. The summed E-state index contributed by atoms with van der Waals surface area (Å²) in [7, 11) is 0. The monoisotopic (exact) mass is 391 g/mol. The van der Waals surface area contributed by atoms with Gasteiger partial charge in [0.15, 0.2) is 18.1 Å². The summed E-state index contributed by atoms with van der Waals surface area (Å²) < 4.78 is 16.5. The summed E-state index contributed by atoms with van der Waals surface area (Å²) in [6.45, 7) is 6.90. The average molecular weight is 392 g/mol. The summed E-state index contributed by atoms with van der Waals surface area (Å²) in [5.74, 6) is 0.774. The highest BCUT2D eigenvalue weighted by Crippen LogP contribution is 2.29. The molecule has 2 rings (SSSR count). The Kier molecular flexibility index (Phi) is 9.11. The van der Waals surface area contributed by atoms with Crippen molar-refractivity contribution in [2.45, 2.75) is 65.3 Å². The molecular weight excluding hydrogens is 358 g/mol. The molecule has 1 aliphatic carbocycles. The van der Waals surface area contributed by atoms with Gasteiger partial charge in [0.1, 0.15) is 0 Å². The van der Waals surface area contributed by atoms with Crippen molar-refractivity contribution in [3.8, 4) is 11.5 Å². The van der Waals surface area contributed by atoms with Gasteiger partial charge in [-0.2, -0.15) is 0 Å². The van der Waals surface area contributed by atoms with E-state index in [4.69, 9.17) is 14.2 Å². The fourth-order valence-electron chi connectivity index (χ4n) is 3.34. The van der Waals surface area contributed by atoms with Crippen LogP contribution in [0.5, 0.6) is 11.5 Å². The number of carbonyl (C=O) groups excluding carboxylic acids is 2. The summed E-state index contributed by atoms with van der Waals surface area (Å²) in [5.41, 5.74) is 0.338. The summed E-state index contributed by atoms with van der Waals surface area (Å²) in [6, 6.07) is 5.12. The van der Waals surface area contributed by atoms with E-state index in [9.17, 15) is 9.59 Å². The molecule has 0 unspecified atom stereocenters. The van der Waals surface area contributed by atoms with E-state index in [1.165, 1.54) is 6.42 Å². The second-order valence-corrected chi connectivity index (χ2v) is 7.31. The van der Waals surface area contributed by atoms with E-state index in [-0.39, 0.29) is 18.6 Å². The molecule has 1 amide bonds. The normalized spacial score (nSPS) is 19.0. The zero-order valence-electron chi connectivity index (χ0n) is 17.3. The molecule has 1 fully saturated rings. The van der Waals surface area contributed by atoms with E-state index >= 15 is 0 Å². The van der Waals surface area contributed by atoms with Crippen molar-refractivity contribution in [2.24, 2.45) is 5.92 Å². The topological polar surface area (TPSA) is 73.9 Å². The second kappa shape index (κ2) is 11.6. The quantitative estimate of drug-likeness (QED) is 0.480. The first-order chi connectivity index (χ1) is 13.5. The Morgan fingerprint density at radius 1 is 1.11 bits per heavy atom. The fraction of sp³-hybridized carbons (Fsp3) is 0.636. The summed E-state index contributed by atoms with van der Waals surface area (Å²) in [4.78, 5) is 24.5. The van der Waals surface area contributed by atoms with Crippen LogP contribution in [0.3, 0.4) is 0 Å². The third-order valence-corrected chi connectivity index (χ3v) is 5.03. The van der Waals surface area contributed by atoms with Crippen LogP contribution >= 0.6 is 0 Å². The van der Waals surface area contributed by atoms with Crippen LogP contribution in [0.2, 0.25) is 0 Å². The predicted octanol–water partition coefficient (Wildman–Crippen LogP) is 4.12. The number of unbranched alkanes of at least 4 members (excludes halogenated alkanes) is 1. The molecule has 0 heterocycles. The first kappa shape index (κ1) is 22.1. The van der Waals surface area contributed by atoms with E-state index in [2.05, 4.69) is 19.2 Å². The van der Waals surface area contributed by atoms with Crippen LogP contribution in [0.1, 0.15) is 69.7 Å². The Morgan fingerprint density at radius 3 is 2.61 bits per heavy atom. The molecule has 6 heteroatoms. The van der Waals surface area contributed by atoms with Crippen molar-refractivity contribution in [1.82, 2.24) is 5.32 Å². The minimum atomic E-state index is -0.548. The van der Waals surface area contributed by atoms with E-state index in [0.29, 0.717) is 36.2 Å². The van der Waals surface area contributed by atoms with Crippen LogP contribution < -0.4 is 14.8 Å². The van der Waals surface area contributed by atoms with Gasteiger partial charge in [-0.3, -0.25) is 4.79 Å². The fourth-order valence-corrected chi connectivity index (χ4v) is 3.34. The first-order valence-electron chi connectivity index (χ1n) is 10.4. The van der Waals surface area contributed by atoms with Gasteiger partial charge in [0, 0.05) is 6.04 Å². The summed E-state index contributed by atoms with van der Waals surface area (Å²) in [6.07, 6.45) is 6.43. The average Bonchev–Trinajstić information content (AvgIpc) is 2.69. The third kappa shape index (κ3) is 6.73. The molecule has 156 valence electrons. The number of hydrogen-bond donors (Lipinski definition) is 1. The van der Waals surface area contributed by atoms with Gasteiger partial charge in [0.2, 0.25) is 0 Å². The predicted molar refractivity (Wildman–Crippen MR) is 108 cm³/mol. The molecule has 1 saturated carbocycles. The maximum Gasteiger partial charge on any atom is 0.338 e. The largest absolute Gasteiger partial charge is 0.490 e. The molecule has 1 aromatic rings. The molecule has 0 saturated heterocycles. The summed E-state index contributed by atoms with van der Waals surface area (Å²) >= 11 is 0. The lowest BCUT2D eigenvalue weighted by Gasteiger charge is -2.29. The molecule has 0 aliphatic heterocycles. The molecule has 0 spiro atoms. The van der Waals surface area contributed by atoms with Crippen LogP contribution in [-0.2, 0) is 9.53 Å². The second-order valence-electron chi connectivity index (χ2n) is 7.31. The Bertz CT molecular complexity index is 646. The standard InChI is InChI=1S/C22H33NO5/c1-4-6-13-27-19-12-11-17(14-20(19)26-5-2)22(25)28-15-21(24)23-18-10-8-7-9-16(18)3/h11-12,14,16,18H,4-10,13,15H2,1-3H3,(H,23,24)/t16-,18-/m0/s1. The maximum atomic E-state index is 12.3. The Morgan fingerprint density at radius 2 is 1.89 bits per heavy atom. The lowest BCUT2D eigenvalue weighted by atomic mass is 9.86. The van der Waals surface area contributed by atoms with E-state index in [1.807, 2.05) is 6.92 Å². The Labute approximate surface area is 167 Å². The van der Waals surface area contributed by atoms with Crippen molar-refractivity contribution < 1.29 is 23.8 Å². The number of benzene rings is 1. The number of nitrogens with one attached hydrogen (secondary N) is 1. The number of rotatable bonds is 10. The van der Waals surface area contributed by atoms with Crippen molar-refractivity contribution in [1.29, 1.82) is 0 Å². The minimum absolute atomic E-state index is 0.170. The molecule has 0 bridgehead atoms. The highest BCUT2D eigenvalue weighted by molar-refractivity contribution is 5.92. The zero-order valence-corrected chi connectivity index (χ0v) is 17.3. The van der Waals surface area contributed by atoms with Gasteiger partial charge in [-0.1, -0.05) is 33.1 Å². The smallest absolute Gasteiger partial charge is 0.338 e. The lowest BCUT2D eigenvalue weighted by Crippen LogP contribution is -2.42. The highest BCUT2D eigenvalue weighted by atomic mass is 16.5. The van der Waals surface area contributed by atoms with Crippen LogP contribution in [0.25, 0.3) is 0 Å². The van der Waals surface area contributed by atoms with E-state index in [1.54, 1.807) is 18.2 Å². The Balaban J connectivity index is 1.89. The van der Waals surface area contributed by atoms with Crippen molar-refractivity contribution >= 4 is 11.9 Å². The molecule has 6 nitrogen and oxygen atoms in total. The number of amides is 1. The summed E-state index contributed by atoms with van der Waals surface area (Å²) in [5, 5.41) is 2.98. The van der Waals surface area contributed by atoms with Gasteiger partial charge in [-0.25, -0.2) is 4.79 Å². The number of ether oxygens (including phenoxy) is 3. The van der Waals surface area contributed by atoms with Gasteiger partial charge in [-0.15, -0.1) is 0 Å². The van der Waals surface area contributed by atoms with Gasteiger partial charge in [0.25, 0.3) is 5.91 Å². The highest BCUT2D eigenvalue weighted by Gasteiger charge is 2.23. The molecule has 28 heavy (non-hydrogen) atoms. The van der Waals surface area contributed by atoms with Gasteiger partial charge >= 0.3 is 5.97 Å². The number of hydrogen-bond acceptors (Lipinski definition) is 5. The molecule has 1 N–H and O–H groups in total. The van der Waals surface area contributed by atoms with Gasteiger partial charge in [0.05, 0.1) is 18.8 Å². The number of carbonyl (C=O) groups is 2. The molecular formula is C22H33NO5. The van der Waals surface area contributed by atoms with Crippen LogP contribution in [0.4, 0.5) is 0 Å². The van der Waals surface area contributed by atoms with Crippen molar-refractivity contribution in [3.63, 3.8) is 0 Å². The van der Waals surface area contributed by atoms with E-state index < -0.39 is 5.97 Å². The van der Waals surface area contributed by atoms with Crippen LogP contribution in [0, 0.1) is 5.92 Å². The molecule has 1 aliphatic rings. The Hall–Kier alpha value is -2.24. The first-order valence-corrected chi connectivity index (χ1v) is 10.4. The zero-order chi connectivity index (χ0) is 20.4. The molecule has 0 aromatic heterocycles. The van der Waals surface area contributed by atoms with E-state index in [0.717, 1.165) is 32.1 Å². The van der Waals surface area contributed by atoms with Gasteiger partial charge < -0.3 is 19.5 Å². The van der Waals surface area contributed by atoms with Crippen LogP contribution in [0.15, 0.2) is 18.2 Å². The molecule has 0 radical (unpaired) electrons. The van der Waals surface area contributed by atoms with Crippen molar-refractivity contribution in [2.75, 3.05) is 19.8 Å². The number of esters is 1. The van der Waals surface area contributed by atoms with Crippen LogP contribution in [-0.4, -0.2) is 37.7 Å². The maximum absolute atomic E-state index is 12.3.